The van der Waals surface area contributed by atoms with Crippen LogP contribution in [-0.2, 0) is 4.79 Å². The number of amides is 1. The fourth-order valence-corrected chi connectivity index (χ4v) is 3.50. The molecule has 1 fully saturated rings. The van der Waals surface area contributed by atoms with Crippen molar-refractivity contribution in [2.24, 2.45) is 5.92 Å². The van der Waals surface area contributed by atoms with Gasteiger partial charge in [0.15, 0.2) is 0 Å². The minimum Gasteiger partial charge on any atom is -0.480 e. The lowest BCUT2D eigenvalue weighted by Crippen LogP contribution is -2.46. The normalized spacial score (nSPS) is 17.2. The van der Waals surface area contributed by atoms with E-state index >= 15 is 0 Å². The van der Waals surface area contributed by atoms with Crippen molar-refractivity contribution >= 4 is 34.5 Å². The molecule has 1 aromatic carbocycles. The first-order chi connectivity index (χ1) is 10.0. The molecule has 5 heteroatoms. The van der Waals surface area contributed by atoms with Crippen molar-refractivity contribution in [3.05, 3.63) is 32.9 Å². The van der Waals surface area contributed by atoms with Crippen molar-refractivity contribution < 1.29 is 14.7 Å². The van der Waals surface area contributed by atoms with Crippen molar-refractivity contribution in [1.29, 1.82) is 0 Å². The molecule has 1 atom stereocenters. The Hall–Kier alpha value is -1.11. The summed E-state index contributed by atoms with van der Waals surface area (Å²) in [6.07, 6.45) is 5.01. The van der Waals surface area contributed by atoms with Crippen LogP contribution in [0.5, 0.6) is 0 Å². The van der Waals surface area contributed by atoms with Gasteiger partial charge in [-0.05, 0) is 59.9 Å². The number of halogens is 1. The number of carboxylic acid groups (broad SMARTS) is 1. The predicted molar refractivity (Wildman–Crippen MR) is 89.4 cm³/mol. The minimum atomic E-state index is -0.932. The van der Waals surface area contributed by atoms with E-state index < -0.39 is 12.0 Å². The van der Waals surface area contributed by atoms with E-state index in [0.717, 1.165) is 41.2 Å². The zero-order valence-electron chi connectivity index (χ0n) is 12.1. The Kier molecular flexibility index (Phi) is 5.61. The Morgan fingerprint density at radius 1 is 1.29 bits per heavy atom. The van der Waals surface area contributed by atoms with Crippen molar-refractivity contribution in [1.82, 2.24) is 5.32 Å². The Balaban J connectivity index is 2.14. The molecule has 2 N–H and O–H groups in total. The number of hydrogen-bond acceptors (Lipinski definition) is 2. The zero-order chi connectivity index (χ0) is 15.4. The van der Waals surface area contributed by atoms with Crippen LogP contribution in [-0.4, -0.2) is 23.0 Å². The first-order valence-corrected chi connectivity index (χ1v) is 8.37. The number of hydrogen-bond donors (Lipinski definition) is 2. The molecule has 0 bridgehead atoms. The molecule has 1 unspecified atom stereocenters. The number of carbonyl (C=O) groups is 2. The van der Waals surface area contributed by atoms with E-state index in [1.54, 1.807) is 6.07 Å². The van der Waals surface area contributed by atoms with Gasteiger partial charge in [-0.15, -0.1) is 0 Å². The molecule has 0 heterocycles. The van der Waals surface area contributed by atoms with Crippen LogP contribution < -0.4 is 5.32 Å². The third-order valence-electron chi connectivity index (χ3n) is 4.11. The van der Waals surface area contributed by atoms with E-state index in [9.17, 15) is 14.7 Å². The van der Waals surface area contributed by atoms with E-state index in [0.29, 0.717) is 5.56 Å². The fraction of sp³-hybridized carbons (Fsp3) is 0.500. The monoisotopic (exact) mass is 401 g/mol. The molecule has 0 radical (unpaired) electrons. The van der Waals surface area contributed by atoms with Crippen molar-refractivity contribution in [3.8, 4) is 0 Å². The molecular weight excluding hydrogens is 381 g/mol. The largest absolute Gasteiger partial charge is 0.480 e. The number of aryl methyl sites for hydroxylation is 1. The van der Waals surface area contributed by atoms with Crippen molar-refractivity contribution in [2.45, 2.75) is 45.1 Å². The van der Waals surface area contributed by atoms with Gasteiger partial charge in [0, 0.05) is 3.57 Å². The van der Waals surface area contributed by atoms with E-state index in [2.05, 4.69) is 27.9 Å². The average molecular weight is 401 g/mol. The van der Waals surface area contributed by atoms with Crippen LogP contribution in [0.25, 0.3) is 0 Å². The molecule has 1 aliphatic carbocycles. The molecule has 1 aromatic rings. The maximum atomic E-state index is 12.4. The minimum absolute atomic E-state index is 0.0441. The summed E-state index contributed by atoms with van der Waals surface area (Å²) in [5.41, 5.74) is 1.57. The van der Waals surface area contributed by atoms with Crippen LogP contribution in [0.15, 0.2) is 18.2 Å². The summed E-state index contributed by atoms with van der Waals surface area (Å²) in [5, 5.41) is 12.2. The van der Waals surface area contributed by atoms with Crippen molar-refractivity contribution in [3.63, 3.8) is 0 Å². The summed E-state index contributed by atoms with van der Waals surface area (Å²) < 4.78 is 0.875. The van der Waals surface area contributed by atoms with E-state index in [4.69, 9.17) is 0 Å². The topological polar surface area (TPSA) is 66.4 Å². The highest BCUT2D eigenvalue weighted by atomic mass is 127. The number of benzene rings is 1. The van der Waals surface area contributed by atoms with Gasteiger partial charge in [-0.2, -0.15) is 0 Å². The first kappa shape index (κ1) is 16.3. The number of rotatable bonds is 4. The summed E-state index contributed by atoms with van der Waals surface area (Å²) >= 11 is 2.13. The highest BCUT2D eigenvalue weighted by Crippen LogP contribution is 2.27. The SMILES string of the molecule is Cc1cccc(C(=O)NC(C(=O)O)C2CCCCC2)c1I. The molecule has 2 rings (SSSR count). The summed E-state index contributed by atoms with van der Waals surface area (Å²) in [6, 6.07) is 4.72. The van der Waals surface area contributed by atoms with Gasteiger partial charge in [0.2, 0.25) is 0 Å². The number of carbonyl (C=O) groups excluding carboxylic acids is 1. The maximum Gasteiger partial charge on any atom is 0.326 e. The zero-order valence-corrected chi connectivity index (χ0v) is 14.2. The molecular formula is C16H20INO3. The maximum absolute atomic E-state index is 12.4. The summed E-state index contributed by atoms with van der Waals surface area (Å²) in [6.45, 7) is 1.94. The van der Waals surface area contributed by atoms with Gasteiger partial charge < -0.3 is 10.4 Å². The standard InChI is InChI=1S/C16H20INO3/c1-10-6-5-9-12(13(10)17)15(19)18-14(16(20)21)11-7-3-2-4-8-11/h5-6,9,11,14H,2-4,7-8H2,1H3,(H,18,19)(H,20,21). The summed E-state index contributed by atoms with van der Waals surface area (Å²) in [7, 11) is 0. The molecule has 0 spiro atoms. The molecule has 0 aliphatic heterocycles. The highest BCUT2D eigenvalue weighted by molar-refractivity contribution is 14.1. The van der Waals surface area contributed by atoms with Crippen molar-refractivity contribution in [2.75, 3.05) is 0 Å². The third-order valence-corrected chi connectivity index (χ3v) is 5.54. The second kappa shape index (κ2) is 7.24. The number of nitrogens with one attached hydrogen (secondary N) is 1. The lowest BCUT2D eigenvalue weighted by Gasteiger charge is -2.28. The van der Waals surface area contributed by atoms with Crippen LogP contribution in [0.4, 0.5) is 0 Å². The third kappa shape index (κ3) is 3.96. The Morgan fingerprint density at radius 3 is 2.57 bits per heavy atom. The van der Waals surface area contributed by atoms with Gasteiger partial charge in [0.25, 0.3) is 5.91 Å². The van der Waals surface area contributed by atoms with Crippen LogP contribution in [0.1, 0.15) is 48.0 Å². The molecule has 1 aliphatic rings. The van der Waals surface area contributed by atoms with Crippen LogP contribution in [0, 0.1) is 16.4 Å². The lowest BCUT2D eigenvalue weighted by atomic mass is 9.84. The molecule has 0 saturated heterocycles. The second-order valence-electron chi connectivity index (χ2n) is 5.62. The van der Waals surface area contributed by atoms with E-state index in [-0.39, 0.29) is 11.8 Å². The predicted octanol–water partition coefficient (Wildman–Crippen LogP) is 3.36. The van der Waals surface area contributed by atoms with Crippen LogP contribution in [0.2, 0.25) is 0 Å². The van der Waals surface area contributed by atoms with Gasteiger partial charge >= 0.3 is 5.97 Å². The molecule has 1 amide bonds. The number of aliphatic carboxylic acids is 1. The average Bonchev–Trinajstić information content (AvgIpc) is 2.48. The quantitative estimate of drug-likeness (QED) is 0.761. The molecule has 1 saturated carbocycles. The molecule has 21 heavy (non-hydrogen) atoms. The van der Waals surface area contributed by atoms with Gasteiger partial charge in [0.05, 0.1) is 5.56 Å². The second-order valence-corrected chi connectivity index (χ2v) is 6.70. The highest BCUT2D eigenvalue weighted by Gasteiger charge is 2.31. The Morgan fingerprint density at radius 2 is 1.95 bits per heavy atom. The van der Waals surface area contributed by atoms with E-state index in [1.165, 1.54) is 0 Å². The molecule has 114 valence electrons. The van der Waals surface area contributed by atoms with Gasteiger partial charge in [-0.25, -0.2) is 4.79 Å². The van der Waals surface area contributed by atoms with E-state index in [1.807, 2.05) is 19.1 Å². The van der Waals surface area contributed by atoms with Crippen LogP contribution >= 0.6 is 22.6 Å². The summed E-state index contributed by atoms with van der Waals surface area (Å²) in [4.78, 5) is 23.9. The molecule has 4 nitrogen and oxygen atoms in total. The van der Waals surface area contributed by atoms with Gasteiger partial charge in [-0.1, -0.05) is 31.4 Å². The Bertz CT molecular complexity index is 538. The Labute approximate surface area is 138 Å². The number of carboxylic acids is 1. The summed E-state index contributed by atoms with van der Waals surface area (Å²) in [5.74, 6) is -1.18. The van der Waals surface area contributed by atoms with Crippen LogP contribution in [0.3, 0.4) is 0 Å². The fourth-order valence-electron chi connectivity index (χ4n) is 2.89. The first-order valence-electron chi connectivity index (χ1n) is 7.29. The van der Waals surface area contributed by atoms with Gasteiger partial charge in [0.1, 0.15) is 6.04 Å². The smallest absolute Gasteiger partial charge is 0.326 e. The lowest BCUT2D eigenvalue weighted by molar-refractivity contribution is -0.141. The van der Waals surface area contributed by atoms with Gasteiger partial charge in [-0.3, -0.25) is 4.79 Å². The molecule has 0 aromatic heterocycles.